The number of carbonyl (C=O) groups is 1. The van der Waals surface area contributed by atoms with E-state index in [0.29, 0.717) is 5.92 Å². The second-order valence-corrected chi connectivity index (χ2v) is 5.87. The zero-order valence-corrected chi connectivity index (χ0v) is 12.5. The monoisotopic (exact) mass is 283 g/mol. The summed E-state index contributed by atoms with van der Waals surface area (Å²) in [5, 5.41) is 1.16. The Morgan fingerprint density at radius 1 is 1.29 bits per heavy atom. The van der Waals surface area contributed by atoms with Crippen molar-refractivity contribution < 1.29 is 4.79 Å². The van der Waals surface area contributed by atoms with Gasteiger partial charge in [0.15, 0.2) is 0 Å². The number of hydrogen-bond acceptors (Lipinski definition) is 3. The van der Waals surface area contributed by atoms with Crippen molar-refractivity contribution in [1.82, 2.24) is 14.9 Å². The molecule has 1 saturated heterocycles. The lowest BCUT2D eigenvalue weighted by Gasteiger charge is -2.18. The molecule has 4 nitrogen and oxygen atoms in total. The summed E-state index contributed by atoms with van der Waals surface area (Å²) in [6, 6.07) is 4.07. The first-order chi connectivity index (χ1) is 10.2. The summed E-state index contributed by atoms with van der Waals surface area (Å²) in [6.07, 6.45) is 10.0. The Balaban J connectivity index is 1.75. The van der Waals surface area contributed by atoms with Gasteiger partial charge in [0, 0.05) is 44.0 Å². The van der Waals surface area contributed by atoms with E-state index >= 15 is 0 Å². The third-order valence-corrected chi connectivity index (χ3v) is 4.43. The molecule has 2 aromatic rings. The molecule has 0 radical (unpaired) electrons. The predicted molar refractivity (Wildman–Crippen MR) is 82.8 cm³/mol. The van der Waals surface area contributed by atoms with Gasteiger partial charge in [0.05, 0.1) is 5.52 Å². The largest absolute Gasteiger partial charge is 0.343 e. The predicted octanol–water partition coefficient (Wildman–Crippen LogP) is 2.82. The summed E-state index contributed by atoms with van der Waals surface area (Å²) < 4.78 is 0. The summed E-state index contributed by atoms with van der Waals surface area (Å²) >= 11 is 0. The third kappa shape index (κ3) is 3.20. The van der Waals surface area contributed by atoms with Crippen molar-refractivity contribution in [2.24, 2.45) is 5.92 Å². The van der Waals surface area contributed by atoms with Gasteiger partial charge in [-0.2, -0.15) is 0 Å². The normalized spacial score (nSPS) is 19.5. The molecule has 0 unspecified atom stereocenters. The number of nitrogens with zero attached hydrogens (tertiary/aromatic N) is 3. The van der Waals surface area contributed by atoms with Gasteiger partial charge in [0.25, 0.3) is 0 Å². The molecule has 0 bridgehead atoms. The summed E-state index contributed by atoms with van der Waals surface area (Å²) in [5.74, 6) is 0.842. The van der Waals surface area contributed by atoms with Gasteiger partial charge < -0.3 is 4.90 Å². The van der Waals surface area contributed by atoms with Crippen LogP contribution in [0.1, 0.15) is 31.7 Å². The molecule has 3 rings (SSSR count). The van der Waals surface area contributed by atoms with E-state index in [-0.39, 0.29) is 5.91 Å². The van der Waals surface area contributed by atoms with Crippen molar-refractivity contribution in [2.45, 2.75) is 32.6 Å². The van der Waals surface area contributed by atoms with Crippen molar-refractivity contribution in [2.75, 3.05) is 13.1 Å². The van der Waals surface area contributed by atoms with Crippen LogP contribution in [0.2, 0.25) is 0 Å². The fourth-order valence-electron chi connectivity index (χ4n) is 3.22. The van der Waals surface area contributed by atoms with Gasteiger partial charge in [-0.05, 0) is 49.3 Å². The molecule has 0 spiro atoms. The molecule has 4 heteroatoms. The van der Waals surface area contributed by atoms with E-state index in [0.717, 1.165) is 43.3 Å². The molecular weight excluding hydrogens is 262 g/mol. The topological polar surface area (TPSA) is 46.1 Å². The zero-order valence-electron chi connectivity index (χ0n) is 12.5. The highest BCUT2D eigenvalue weighted by Crippen LogP contribution is 2.25. The van der Waals surface area contributed by atoms with E-state index in [1.807, 2.05) is 23.4 Å². The Hall–Kier alpha value is -1.97. The quantitative estimate of drug-likeness (QED) is 0.851. The smallest absolute Gasteiger partial charge is 0.219 e. The molecule has 0 saturated carbocycles. The van der Waals surface area contributed by atoms with Crippen molar-refractivity contribution in [3.63, 3.8) is 0 Å². The fraction of sp³-hybridized carbons (Fsp3) is 0.471. The van der Waals surface area contributed by atoms with Crippen LogP contribution in [0.3, 0.4) is 0 Å². The average molecular weight is 283 g/mol. The van der Waals surface area contributed by atoms with Crippen LogP contribution in [0.25, 0.3) is 10.9 Å². The van der Waals surface area contributed by atoms with Crippen LogP contribution in [-0.2, 0) is 11.2 Å². The standard InChI is InChI=1S/C17H21N3O/c1-13(21)20-9-2-3-14(6-10-20)11-15-4-8-19-17-5-7-18-12-16(15)17/h4-5,7-8,12,14H,2-3,6,9-11H2,1H3/t14-/m0/s1. The molecule has 3 heterocycles. The minimum absolute atomic E-state index is 0.203. The van der Waals surface area contributed by atoms with E-state index in [9.17, 15) is 4.79 Å². The maximum absolute atomic E-state index is 11.5. The van der Waals surface area contributed by atoms with Crippen LogP contribution in [0, 0.1) is 5.92 Å². The number of amides is 1. The van der Waals surface area contributed by atoms with E-state index in [1.165, 1.54) is 12.0 Å². The summed E-state index contributed by atoms with van der Waals surface area (Å²) in [7, 11) is 0. The first-order valence-electron chi connectivity index (χ1n) is 7.67. The van der Waals surface area contributed by atoms with Gasteiger partial charge in [-0.25, -0.2) is 0 Å². The van der Waals surface area contributed by atoms with E-state index in [1.54, 1.807) is 13.1 Å². The van der Waals surface area contributed by atoms with Crippen LogP contribution in [0.15, 0.2) is 30.7 Å². The highest BCUT2D eigenvalue weighted by Gasteiger charge is 2.19. The van der Waals surface area contributed by atoms with E-state index < -0.39 is 0 Å². The van der Waals surface area contributed by atoms with Gasteiger partial charge in [0.1, 0.15) is 0 Å². The molecule has 1 atom stereocenters. The van der Waals surface area contributed by atoms with E-state index in [2.05, 4.69) is 16.0 Å². The van der Waals surface area contributed by atoms with Gasteiger partial charge in [-0.3, -0.25) is 14.8 Å². The summed E-state index contributed by atoms with van der Waals surface area (Å²) in [4.78, 5) is 22.1. The highest BCUT2D eigenvalue weighted by atomic mass is 16.2. The first kappa shape index (κ1) is 14.0. The molecule has 2 aromatic heterocycles. The Morgan fingerprint density at radius 3 is 3.05 bits per heavy atom. The third-order valence-electron chi connectivity index (χ3n) is 4.43. The second-order valence-electron chi connectivity index (χ2n) is 5.87. The van der Waals surface area contributed by atoms with E-state index in [4.69, 9.17) is 0 Å². The SMILES string of the molecule is CC(=O)N1CCC[C@H](Cc2ccnc3ccncc23)CC1. The number of pyridine rings is 2. The first-order valence-corrected chi connectivity index (χ1v) is 7.67. The number of likely N-dealkylation sites (tertiary alicyclic amines) is 1. The second kappa shape index (κ2) is 6.20. The maximum atomic E-state index is 11.5. The number of hydrogen-bond donors (Lipinski definition) is 0. The van der Waals surface area contributed by atoms with Crippen LogP contribution in [0.5, 0.6) is 0 Å². The minimum atomic E-state index is 0.203. The van der Waals surface area contributed by atoms with Gasteiger partial charge in [0.2, 0.25) is 5.91 Å². The van der Waals surface area contributed by atoms with Crippen LogP contribution in [0.4, 0.5) is 0 Å². The number of rotatable bonds is 2. The van der Waals surface area contributed by atoms with Gasteiger partial charge in [-0.1, -0.05) is 0 Å². The lowest BCUT2D eigenvalue weighted by molar-refractivity contribution is -0.128. The van der Waals surface area contributed by atoms with Gasteiger partial charge in [-0.15, -0.1) is 0 Å². The summed E-state index contributed by atoms with van der Waals surface area (Å²) in [6.45, 7) is 3.47. The lowest BCUT2D eigenvalue weighted by atomic mass is 9.92. The van der Waals surface area contributed by atoms with Crippen molar-refractivity contribution in [1.29, 1.82) is 0 Å². The average Bonchev–Trinajstić information content (AvgIpc) is 2.73. The molecule has 0 N–H and O–H groups in total. The van der Waals surface area contributed by atoms with Crippen LogP contribution in [-0.4, -0.2) is 33.9 Å². The molecule has 0 aliphatic carbocycles. The molecular formula is C17H21N3O. The molecule has 1 amide bonds. The molecule has 1 fully saturated rings. The Kier molecular flexibility index (Phi) is 4.13. The number of carbonyl (C=O) groups excluding carboxylic acids is 1. The lowest BCUT2D eigenvalue weighted by Crippen LogP contribution is -2.29. The Morgan fingerprint density at radius 2 is 2.19 bits per heavy atom. The molecule has 21 heavy (non-hydrogen) atoms. The number of aromatic nitrogens is 2. The maximum Gasteiger partial charge on any atom is 0.219 e. The molecule has 110 valence electrons. The highest BCUT2D eigenvalue weighted by molar-refractivity contribution is 5.80. The summed E-state index contributed by atoms with van der Waals surface area (Å²) in [5.41, 5.74) is 2.34. The minimum Gasteiger partial charge on any atom is -0.343 e. The van der Waals surface area contributed by atoms with Crippen molar-refractivity contribution in [3.8, 4) is 0 Å². The Labute approximate surface area is 125 Å². The molecule has 1 aliphatic rings. The Bertz CT molecular complexity index is 635. The molecule has 1 aliphatic heterocycles. The number of fused-ring (bicyclic) bond motifs is 1. The van der Waals surface area contributed by atoms with Crippen molar-refractivity contribution >= 4 is 16.8 Å². The zero-order chi connectivity index (χ0) is 14.7. The van der Waals surface area contributed by atoms with Crippen molar-refractivity contribution in [3.05, 3.63) is 36.3 Å². The van der Waals surface area contributed by atoms with Crippen LogP contribution >= 0.6 is 0 Å². The van der Waals surface area contributed by atoms with Crippen LogP contribution < -0.4 is 0 Å². The fourth-order valence-corrected chi connectivity index (χ4v) is 3.22. The molecule has 0 aromatic carbocycles. The van der Waals surface area contributed by atoms with Gasteiger partial charge >= 0.3 is 0 Å².